The number of nitrogens with zero attached hydrogens (tertiary/aromatic N) is 2. The molecule has 0 amide bonds. The Bertz CT molecular complexity index is 2400. The number of hydrogen-bond donors (Lipinski definition) is 2. The Hall–Kier alpha value is -4.91. The molecule has 4 aromatic rings. The minimum Gasteiger partial charge on any atom is -0.355 e. The van der Waals surface area contributed by atoms with Gasteiger partial charge in [-0.25, -0.2) is 9.97 Å². The van der Waals surface area contributed by atoms with Crippen LogP contribution in [0.4, 0.5) is 0 Å². The number of allylic oxidation sites excluding steroid dienone is 4. The number of thiophene rings is 1. The summed E-state index contributed by atoms with van der Waals surface area (Å²) in [4.78, 5) is 32.2. The number of fused-ring (bicyclic) bond motifs is 8. The van der Waals surface area contributed by atoms with E-state index in [1.54, 1.807) is 0 Å². The number of aromatic nitrogens is 4. The Morgan fingerprint density at radius 3 is 1.47 bits per heavy atom. The van der Waals surface area contributed by atoms with E-state index in [0.29, 0.717) is 0 Å². The highest BCUT2D eigenvalue weighted by atomic mass is 32.1. The predicted molar refractivity (Wildman–Crippen MR) is 245 cm³/mol. The fourth-order valence-electron chi connectivity index (χ4n) is 9.03. The number of nitrogens with one attached hydrogen (secondary N) is 2. The zero-order valence-electron chi connectivity index (χ0n) is 35.8. The van der Waals surface area contributed by atoms with E-state index >= 15 is 0 Å². The average molecular weight is 777 g/mol. The fraction of sp³-hybridized carbons (Fsp3) is 0.431. The van der Waals surface area contributed by atoms with Crippen molar-refractivity contribution in [2.45, 2.75) is 146 Å². The number of hydrogen-bond acceptors (Lipinski definition) is 4. The van der Waals surface area contributed by atoms with E-state index in [1.807, 2.05) is 6.07 Å². The Balaban J connectivity index is 1.73. The van der Waals surface area contributed by atoms with E-state index in [4.69, 9.17) is 9.97 Å². The van der Waals surface area contributed by atoms with Crippen molar-refractivity contribution in [1.29, 1.82) is 0 Å². The molecule has 6 heterocycles. The molecule has 2 aliphatic heterocycles. The minimum absolute atomic E-state index is 0.717. The fourth-order valence-corrected chi connectivity index (χ4v) is 9.91. The molecule has 4 aromatic heterocycles. The lowest BCUT2D eigenvalue weighted by molar-refractivity contribution is 0.112. The molecule has 8 bridgehead atoms. The summed E-state index contributed by atoms with van der Waals surface area (Å²) < 4.78 is 0. The van der Waals surface area contributed by atoms with Crippen molar-refractivity contribution >= 4 is 62.0 Å². The first kappa shape index (κ1) is 41.7. The highest BCUT2D eigenvalue weighted by molar-refractivity contribution is 7.14. The summed E-state index contributed by atoms with van der Waals surface area (Å²) in [6.45, 7) is 20.2. The Morgan fingerprint density at radius 2 is 1.04 bits per heavy atom. The lowest BCUT2D eigenvalue weighted by Gasteiger charge is -2.08. The van der Waals surface area contributed by atoms with Crippen LogP contribution in [0, 0.1) is 23.7 Å². The topological polar surface area (TPSA) is 74.4 Å². The third-order valence-corrected chi connectivity index (χ3v) is 12.8. The predicted octanol–water partition coefficient (Wildman–Crippen LogP) is 13.4. The van der Waals surface area contributed by atoms with Gasteiger partial charge in [-0.1, -0.05) is 81.6 Å². The number of aryl methyl sites for hydroxylation is 5. The van der Waals surface area contributed by atoms with Gasteiger partial charge >= 0.3 is 0 Å². The second-order valence-corrected chi connectivity index (χ2v) is 16.1. The minimum atomic E-state index is 0.717. The van der Waals surface area contributed by atoms with Gasteiger partial charge in [0.15, 0.2) is 6.29 Å². The molecule has 0 radical (unpaired) electrons. The molecule has 0 saturated heterocycles. The molecule has 0 unspecified atom stereocenters. The zero-order chi connectivity index (χ0) is 40.6. The molecule has 2 N–H and O–H groups in total. The molecule has 0 fully saturated rings. The molecule has 5 nitrogen and oxygen atoms in total. The molecular formula is C51H60N4OS. The summed E-state index contributed by atoms with van der Waals surface area (Å²) in [5, 5.41) is 0. The summed E-state index contributed by atoms with van der Waals surface area (Å²) in [6.07, 6.45) is 13.7. The number of carbonyl (C=O) groups excluding carboxylic acids is 1. The molecule has 6 rings (SSSR count). The summed E-state index contributed by atoms with van der Waals surface area (Å²) in [5.41, 5.74) is 20.8. The van der Waals surface area contributed by atoms with Crippen molar-refractivity contribution in [3.63, 3.8) is 0 Å². The van der Waals surface area contributed by atoms with Gasteiger partial charge in [-0.15, -0.1) is 11.3 Å². The highest BCUT2D eigenvalue weighted by Crippen LogP contribution is 2.41. The van der Waals surface area contributed by atoms with Gasteiger partial charge in [0.25, 0.3) is 0 Å². The van der Waals surface area contributed by atoms with Crippen molar-refractivity contribution in [2.75, 3.05) is 0 Å². The van der Waals surface area contributed by atoms with Crippen molar-refractivity contribution in [1.82, 2.24) is 19.9 Å². The second-order valence-electron chi connectivity index (χ2n) is 15.0. The third-order valence-electron chi connectivity index (χ3n) is 11.8. The molecule has 0 spiro atoms. The van der Waals surface area contributed by atoms with E-state index in [1.165, 1.54) is 86.2 Å². The van der Waals surface area contributed by atoms with Crippen molar-refractivity contribution in [3.05, 3.63) is 90.2 Å². The SMILES string of the molecule is CCCCCCc1cc(C=O)sc1C#CC#Cc1c2nc(cc3[nH]c(cc4[nH]c(cc5nc1C(CC)=C5CC)c(CC)c4CC)c(CC)c3CC)C(CC)=C2CC. The van der Waals surface area contributed by atoms with E-state index in [9.17, 15) is 4.79 Å². The number of unbranched alkanes of at least 4 members (excludes halogenated alkanes) is 3. The number of H-pyrrole nitrogens is 2. The first-order valence-electron chi connectivity index (χ1n) is 21.7. The van der Waals surface area contributed by atoms with Crippen LogP contribution in [0.2, 0.25) is 0 Å². The Morgan fingerprint density at radius 1 is 0.561 bits per heavy atom. The van der Waals surface area contributed by atoms with Gasteiger partial charge in [0.05, 0.1) is 38.1 Å². The van der Waals surface area contributed by atoms with Crippen LogP contribution in [0.25, 0.3) is 44.4 Å². The number of carbonyl (C=O) groups is 1. The van der Waals surface area contributed by atoms with Crippen LogP contribution in [0.5, 0.6) is 0 Å². The molecule has 296 valence electrons. The quantitative estimate of drug-likeness (QED) is 0.0761. The maximum atomic E-state index is 11.8. The van der Waals surface area contributed by atoms with Gasteiger partial charge in [0.2, 0.25) is 0 Å². The third kappa shape index (κ3) is 8.26. The lowest BCUT2D eigenvalue weighted by Crippen LogP contribution is -1.95. The molecule has 57 heavy (non-hydrogen) atoms. The molecule has 0 atom stereocenters. The summed E-state index contributed by atoms with van der Waals surface area (Å²) in [6, 6.07) is 8.92. The largest absolute Gasteiger partial charge is 0.355 e. The van der Waals surface area contributed by atoms with Crippen LogP contribution in [0.1, 0.15) is 184 Å². The molecule has 0 aliphatic carbocycles. The van der Waals surface area contributed by atoms with Crippen LogP contribution >= 0.6 is 11.3 Å². The van der Waals surface area contributed by atoms with Crippen LogP contribution in [0.3, 0.4) is 0 Å². The molecular weight excluding hydrogens is 717 g/mol. The van der Waals surface area contributed by atoms with E-state index in [-0.39, 0.29) is 0 Å². The van der Waals surface area contributed by atoms with Crippen molar-refractivity contribution in [2.24, 2.45) is 0 Å². The summed E-state index contributed by atoms with van der Waals surface area (Å²) >= 11 is 1.47. The molecule has 2 aliphatic rings. The van der Waals surface area contributed by atoms with Gasteiger partial charge < -0.3 is 9.97 Å². The maximum Gasteiger partial charge on any atom is 0.160 e. The Labute approximate surface area is 345 Å². The van der Waals surface area contributed by atoms with Gasteiger partial charge in [0, 0.05) is 22.1 Å². The van der Waals surface area contributed by atoms with Crippen molar-refractivity contribution in [3.8, 4) is 23.7 Å². The standard InChI is InChI=1S/C51H60N4OS/c1-10-19-20-21-24-32-27-33(31-56)57-49(32)26-23-22-25-42-50-40(17-8)38(15-6)47(54-50)29-45-36(13-4)34(11-2)43(52-45)28-44-35(12-3)37(14-5)46(53-44)30-48-39(16-7)41(18-9)51(42)55-48/h27-31,52-53H,10-21,24H2,1-9H3. The number of aldehydes is 1. The molecule has 0 saturated carbocycles. The van der Waals surface area contributed by atoms with Gasteiger partial charge in [0.1, 0.15) is 0 Å². The van der Waals surface area contributed by atoms with Crippen LogP contribution in [0.15, 0.2) is 24.3 Å². The molecule has 0 aromatic carbocycles. The van der Waals surface area contributed by atoms with Gasteiger partial charge in [-0.3, -0.25) is 4.79 Å². The van der Waals surface area contributed by atoms with Crippen LogP contribution in [-0.4, -0.2) is 26.2 Å². The van der Waals surface area contributed by atoms with E-state index in [0.717, 1.165) is 125 Å². The van der Waals surface area contributed by atoms with E-state index in [2.05, 4.69) is 114 Å². The lowest BCUT2D eigenvalue weighted by atomic mass is 9.94. The number of aromatic amines is 2. The van der Waals surface area contributed by atoms with Crippen molar-refractivity contribution < 1.29 is 4.79 Å². The van der Waals surface area contributed by atoms with Gasteiger partial charge in [-0.2, -0.15) is 0 Å². The monoisotopic (exact) mass is 776 g/mol. The smallest absolute Gasteiger partial charge is 0.160 e. The maximum absolute atomic E-state index is 11.8. The van der Waals surface area contributed by atoms with Crippen LogP contribution in [-0.2, 0) is 32.1 Å². The highest BCUT2D eigenvalue weighted by Gasteiger charge is 2.27. The summed E-state index contributed by atoms with van der Waals surface area (Å²) in [7, 11) is 0. The van der Waals surface area contributed by atoms with E-state index < -0.39 is 0 Å². The zero-order valence-corrected chi connectivity index (χ0v) is 36.6. The summed E-state index contributed by atoms with van der Waals surface area (Å²) in [5.74, 6) is 13.4. The molecule has 6 heteroatoms. The Kier molecular flexibility index (Phi) is 13.9. The average Bonchev–Trinajstić information content (AvgIpc) is 4.03. The van der Waals surface area contributed by atoms with Gasteiger partial charge in [-0.05, 0) is 162 Å². The normalized spacial score (nSPS) is 12.5. The first-order chi connectivity index (χ1) is 27.8. The second kappa shape index (κ2) is 19.0. The van der Waals surface area contributed by atoms with Crippen LogP contribution < -0.4 is 0 Å². The number of rotatable bonds is 14. The first-order valence-corrected chi connectivity index (χ1v) is 22.5.